The highest BCUT2D eigenvalue weighted by Gasteiger charge is 1.95. The van der Waals surface area contributed by atoms with Gasteiger partial charge in [0.2, 0.25) is 0 Å². The van der Waals surface area contributed by atoms with Crippen molar-refractivity contribution in [1.82, 2.24) is 0 Å². The minimum atomic E-state index is 0.181. The molecule has 0 spiro atoms. The van der Waals surface area contributed by atoms with E-state index in [1.54, 1.807) is 0 Å². The normalized spacial score (nSPS) is 9.83. The Hall–Kier alpha value is -1.09. The van der Waals surface area contributed by atoms with E-state index in [2.05, 4.69) is 0 Å². The van der Waals surface area contributed by atoms with Gasteiger partial charge in [-0.1, -0.05) is 0 Å². The SMILES string of the molecule is C[n+]1ccc(OCCCO)cc1. The molecule has 0 amide bonds. The van der Waals surface area contributed by atoms with Crippen molar-refractivity contribution in [3.8, 4) is 5.75 Å². The van der Waals surface area contributed by atoms with Crippen LogP contribution in [0, 0.1) is 0 Å². The first kappa shape index (κ1) is 9.00. The monoisotopic (exact) mass is 168 g/mol. The van der Waals surface area contributed by atoms with Gasteiger partial charge in [0.25, 0.3) is 0 Å². The fourth-order valence-electron chi connectivity index (χ4n) is 0.838. The highest BCUT2D eigenvalue weighted by atomic mass is 16.5. The van der Waals surface area contributed by atoms with Crippen LogP contribution in [0.5, 0.6) is 5.75 Å². The van der Waals surface area contributed by atoms with Crippen LogP contribution in [0.25, 0.3) is 0 Å². The van der Waals surface area contributed by atoms with Gasteiger partial charge in [-0.2, -0.15) is 0 Å². The molecule has 1 aromatic rings. The van der Waals surface area contributed by atoms with E-state index in [0.29, 0.717) is 13.0 Å². The Bertz CT molecular complexity index is 220. The minimum absolute atomic E-state index is 0.181. The second-order valence-electron chi connectivity index (χ2n) is 2.62. The Morgan fingerprint density at radius 3 is 2.67 bits per heavy atom. The number of aromatic nitrogens is 1. The number of aryl methyl sites for hydroxylation is 1. The first-order valence-electron chi connectivity index (χ1n) is 4.02. The Labute approximate surface area is 72.2 Å². The van der Waals surface area contributed by atoms with Gasteiger partial charge in [-0.05, 0) is 0 Å². The molecule has 0 aliphatic heterocycles. The molecule has 0 unspecified atom stereocenters. The number of ether oxygens (including phenoxy) is 1. The van der Waals surface area contributed by atoms with Crippen molar-refractivity contribution < 1.29 is 14.4 Å². The van der Waals surface area contributed by atoms with Crippen LogP contribution < -0.4 is 9.30 Å². The lowest BCUT2D eigenvalue weighted by molar-refractivity contribution is -0.671. The summed E-state index contributed by atoms with van der Waals surface area (Å²) in [5, 5.41) is 8.50. The van der Waals surface area contributed by atoms with Gasteiger partial charge in [-0.3, -0.25) is 0 Å². The third-order valence-electron chi connectivity index (χ3n) is 1.52. The molecular formula is C9H14NO2+. The molecule has 0 saturated heterocycles. The topological polar surface area (TPSA) is 33.3 Å². The van der Waals surface area contributed by atoms with Crippen molar-refractivity contribution in [2.24, 2.45) is 7.05 Å². The van der Waals surface area contributed by atoms with Gasteiger partial charge in [-0.25, -0.2) is 4.57 Å². The lowest BCUT2D eigenvalue weighted by atomic mass is 10.4. The molecule has 0 aromatic carbocycles. The summed E-state index contributed by atoms with van der Waals surface area (Å²) in [5.41, 5.74) is 0. The summed E-state index contributed by atoms with van der Waals surface area (Å²) in [5.74, 6) is 0.849. The number of aliphatic hydroxyl groups excluding tert-OH is 1. The number of pyridine rings is 1. The lowest BCUT2D eigenvalue weighted by Gasteiger charge is -2.02. The van der Waals surface area contributed by atoms with Gasteiger partial charge in [0.05, 0.1) is 6.61 Å². The van der Waals surface area contributed by atoms with Crippen molar-refractivity contribution in [1.29, 1.82) is 0 Å². The van der Waals surface area contributed by atoms with Crippen molar-refractivity contribution in [2.75, 3.05) is 13.2 Å². The molecule has 0 bridgehead atoms. The quantitative estimate of drug-likeness (QED) is 0.517. The third-order valence-corrected chi connectivity index (χ3v) is 1.52. The number of nitrogens with zero attached hydrogens (tertiary/aromatic N) is 1. The highest BCUT2D eigenvalue weighted by Crippen LogP contribution is 2.05. The molecule has 1 aromatic heterocycles. The summed E-state index contributed by atoms with van der Waals surface area (Å²) in [6.45, 7) is 0.755. The summed E-state index contributed by atoms with van der Waals surface area (Å²) in [4.78, 5) is 0. The molecule has 0 aliphatic carbocycles. The van der Waals surface area contributed by atoms with E-state index in [4.69, 9.17) is 9.84 Å². The van der Waals surface area contributed by atoms with E-state index in [0.717, 1.165) is 5.75 Å². The lowest BCUT2D eigenvalue weighted by Crippen LogP contribution is -2.25. The Morgan fingerprint density at radius 1 is 1.42 bits per heavy atom. The second-order valence-corrected chi connectivity index (χ2v) is 2.62. The zero-order valence-electron chi connectivity index (χ0n) is 7.23. The number of hydrogen-bond acceptors (Lipinski definition) is 2. The molecule has 3 nitrogen and oxygen atoms in total. The molecular weight excluding hydrogens is 154 g/mol. The molecule has 66 valence electrons. The van der Waals surface area contributed by atoms with Crippen LogP contribution >= 0.6 is 0 Å². The van der Waals surface area contributed by atoms with E-state index < -0.39 is 0 Å². The van der Waals surface area contributed by atoms with Gasteiger partial charge < -0.3 is 9.84 Å². The molecule has 1 heterocycles. The van der Waals surface area contributed by atoms with E-state index >= 15 is 0 Å². The van der Waals surface area contributed by atoms with Gasteiger partial charge in [0.1, 0.15) is 12.8 Å². The van der Waals surface area contributed by atoms with Gasteiger partial charge in [0.15, 0.2) is 12.4 Å². The maximum atomic E-state index is 8.50. The molecule has 12 heavy (non-hydrogen) atoms. The Balaban J connectivity index is 2.37. The first-order chi connectivity index (χ1) is 5.83. The predicted molar refractivity (Wildman–Crippen MR) is 44.8 cm³/mol. The molecule has 1 N–H and O–H groups in total. The molecule has 3 heteroatoms. The Kier molecular flexibility index (Phi) is 3.54. The van der Waals surface area contributed by atoms with Crippen LogP contribution in [0.3, 0.4) is 0 Å². The summed E-state index contributed by atoms with van der Waals surface area (Å²) in [6.07, 6.45) is 4.53. The standard InChI is InChI=1S/C9H14NO2/c1-10-5-3-9(4-6-10)12-8-2-7-11/h3-6,11H,2,7-8H2,1H3/q+1. The Morgan fingerprint density at radius 2 is 2.08 bits per heavy atom. The zero-order valence-corrected chi connectivity index (χ0v) is 7.23. The number of rotatable bonds is 4. The molecule has 0 radical (unpaired) electrons. The van der Waals surface area contributed by atoms with E-state index in [9.17, 15) is 0 Å². The fourth-order valence-corrected chi connectivity index (χ4v) is 0.838. The maximum Gasteiger partial charge on any atom is 0.172 e. The summed E-state index contributed by atoms with van der Waals surface area (Å²) in [6, 6.07) is 3.80. The molecule has 0 fully saturated rings. The van der Waals surface area contributed by atoms with E-state index in [1.807, 2.05) is 36.1 Å². The van der Waals surface area contributed by atoms with Crippen molar-refractivity contribution in [3.63, 3.8) is 0 Å². The number of aliphatic hydroxyl groups is 1. The highest BCUT2D eigenvalue weighted by molar-refractivity contribution is 5.14. The largest absolute Gasteiger partial charge is 0.493 e. The van der Waals surface area contributed by atoms with Crippen molar-refractivity contribution in [2.45, 2.75) is 6.42 Å². The minimum Gasteiger partial charge on any atom is -0.493 e. The van der Waals surface area contributed by atoms with Gasteiger partial charge in [-0.15, -0.1) is 0 Å². The molecule has 0 saturated carbocycles. The summed E-state index contributed by atoms with van der Waals surface area (Å²) >= 11 is 0. The third kappa shape index (κ3) is 2.88. The fraction of sp³-hybridized carbons (Fsp3) is 0.444. The first-order valence-corrected chi connectivity index (χ1v) is 4.02. The van der Waals surface area contributed by atoms with Crippen LogP contribution in [0.2, 0.25) is 0 Å². The van der Waals surface area contributed by atoms with Crippen LogP contribution in [-0.2, 0) is 7.05 Å². The van der Waals surface area contributed by atoms with Crippen molar-refractivity contribution in [3.05, 3.63) is 24.5 Å². The smallest absolute Gasteiger partial charge is 0.172 e. The van der Waals surface area contributed by atoms with Crippen LogP contribution in [0.1, 0.15) is 6.42 Å². The van der Waals surface area contributed by atoms with Gasteiger partial charge >= 0.3 is 0 Å². The van der Waals surface area contributed by atoms with E-state index in [1.165, 1.54) is 0 Å². The second kappa shape index (κ2) is 4.72. The van der Waals surface area contributed by atoms with Gasteiger partial charge in [0, 0.05) is 25.2 Å². The molecule has 1 rings (SSSR count). The predicted octanol–water partition coefficient (Wildman–Crippen LogP) is 0.272. The number of hydrogen-bond donors (Lipinski definition) is 1. The maximum absolute atomic E-state index is 8.50. The average molecular weight is 168 g/mol. The molecule has 0 aliphatic rings. The summed E-state index contributed by atoms with van der Waals surface area (Å²) < 4.78 is 7.27. The van der Waals surface area contributed by atoms with E-state index in [-0.39, 0.29) is 6.61 Å². The van der Waals surface area contributed by atoms with Crippen LogP contribution in [0.4, 0.5) is 0 Å². The summed E-state index contributed by atoms with van der Waals surface area (Å²) in [7, 11) is 1.96. The van der Waals surface area contributed by atoms with Crippen LogP contribution in [-0.4, -0.2) is 18.3 Å². The van der Waals surface area contributed by atoms with Crippen molar-refractivity contribution >= 4 is 0 Å². The van der Waals surface area contributed by atoms with Crippen LogP contribution in [0.15, 0.2) is 24.5 Å². The zero-order chi connectivity index (χ0) is 8.81. The molecule has 0 atom stereocenters. The average Bonchev–Trinajstić information content (AvgIpc) is 2.09.